The van der Waals surface area contributed by atoms with Crippen LogP contribution in [0.15, 0.2) is 52.4 Å². The predicted octanol–water partition coefficient (Wildman–Crippen LogP) is 3.04. The molecule has 0 spiro atoms. The van der Waals surface area contributed by atoms with Gasteiger partial charge in [0, 0.05) is 30.5 Å². The Hall–Kier alpha value is -4.09. The maximum Gasteiger partial charge on any atom is 0.416 e. The van der Waals surface area contributed by atoms with Crippen molar-refractivity contribution < 1.29 is 27.5 Å². The molecule has 186 valence electrons. The van der Waals surface area contributed by atoms with Crippen molar-refractivity contribution in [1.29, 1.82) is 0 Å². The van der Waals surface area contributed by atoms with E-state index in [4.69, 9.17) is 10.5 Å². The van der Waals surface area contributed by atoms with Crippen LogP contribution in [0.2, 0.25) is 0 Å². The van der Waals surface area contributed by atoms with Crippen molar-refractivity contribution in [1.82, 2.24) is 4.90 Å². The number of halogens is 3. The van der Waals surface area contributed by atoms with Crippen molar-refractivity contribution in [2.75, 3.05) is 43.5 Å². The first-order valence-electron chi connectivity index (χ1n) is 10.6. The lowest BCUT2D eigenvalue weighted by molar-refractivity contribution is -0.137. The molecule has 1 saturated heterocycles. The molecule has 3 N–H and O–H groups in total. The first-order chi connectivity index (χ1) is 16.6. The molecule has 0 bridgehead atoms. The average Bonchev–Trinajstić information content (AvgIpc) is 2.80. The van der Waals surface area contributed by atoms with E-state index >= 15 is 0 Å². The highest BCUT2D eigenvalue weighted by Crippen LogP contribution is 2.33. The predicted molar refractivity (Wildman–Crippen MR) is 127 cm³/mol. The number of nitrogens with zero attached hydrogens (tertiary/aromatic N) is 4. The number of aliphatic imine (C=N–C) groups is 2. The van der Waals surface area contributed by atoms with Gasteiger partial charge >= 0.3 is 6.18 Å². The second kappa shape index (κ2) is 10.9. The Morgan fingerprint density at radius 3 is 2.66 bits per heavy atom. The molecule has 0 radical (unpaired) electrons. The minimum Gasteiger partial charge on any atom is -0.494 e. The fourth-order valence-electron chi connectivity index (χ4n) is 3.40. The number of benzene rings is 2. The lowest BCUT2D eigenvalue weighted by atomic mass is 10.2. The quantitative estimate of drug-likeness (QED) is 0.458. The normalized spacial score (nSPS) is 15.0. The summed E-state index contributed by atoms with van der Waals surface area (Å²) < 4.78 is 44.0. The van der Waals surface area contributed by atoms with E-state index in [9.17, 15) is 22.8 Å². The van der Waals surface area contributed by atoms with Crippen LogP contribution in [-0.2, 0) is 15.8 Å². The van der Waals surface area contributed by atoms with E-state index in [1.54, 1.807) is 25.1 Å². The molecular formula is C23H25F3N6O3. The largest absolute Gasteiger partial charge is 0.494 e. The standard InChI is InChI=1S/C23H25F3N6O3/c1-15(27)28-14-29-19-7-6-18(11-20(19)35-2)31-8-9-32(22(34)13-31)12-21(33)30-17-5-3-4-16(10-17)23(24,25)26/h3-7,10-11,14H,8-9,12-13H2,1-2H3,(H,30,33)(H2,27,28,29). The number of anilines is 2. The summed E-state index contributed by atoms with van der Waals surface area (Å²) in [5.41, 5.74) is 5.90. The summed E-state index contributed by atoms with van der Waals surface area (Å²) in [6.07, 6.45) is -3.20. The highest BCUT2D eigenvalue weighted by Gasteiger charge is 2.31. The second-order valence-electron chi connectivity index (χ2n) is 7.73. The Morgan fingerprint density at radius 2 is 2.00 bits per heavy atom. The summed E-state index contributed by atoms with van der Waals surface area (Å²) >= 11 is 0. The van der Waals surface area contributed by atoms with Gasteiger partial charge in [-0.05, 0) is 37.3 Å². The van der Waals surface area contributed by atoms with Gasteiger partial charge in [0.25, 0.3) is 0 Å². The SMILES string of the molecule is COc1cc(N2CCN(CC(=O)Nc3cccc(C(F)(F)F)c3)C(=O)C2)ccc1N=CN=C(C)N. The average molecular weight is 490 g/mol. The molecule has 9 nitrogen and oxygen atoms in total. The molecular weight excluding hydrogens is 465 g/mol. The van der Waals surface area contributed by atoms with Crippen molar-refractivity contribution in [3.8, 4) is 5.75 Å². The first kappa shape index (κ1) is 25.5. The van der Waals surface area contributed by atoms with Crippen LogP contribution >= 0.6 is 0 Å². The molecule has 0 atom stereocenters. The van der Waals surface area contributed by atoms with Gasteiger partial charge in [0.15, 0.2) is 0 Å². The van der Waals surface area contributed by atoms with Crippen LogP contribution in [0.5, 0.6) is 5.75 Å². The van der Waals surface area contributed by atoms with E-state index < -0.39 is 17.6 Å². The van der Waals surface area contributed by atoms with E-state index in [0.717, 1.165) is 17.8 Å². The molecule has 2 aromatic rings. The van der Waals surface area contributed by atoms with Crippen molar-refractivity contribution in [2.24, 2.45) is 15.7 Å². The zero-order valence-corrected chi connectivity index (χ0v) is 19.2. The van der Waals surface area contributed by atoms with E-state index in [1.807, 2.05) is 4.90 Å². The number of alkyl halides is 3. The third-order valence-electron chi connectivity index (χ3n) is 5.11. The Bertz CT molecular complexity index is 1150. The lowest BCUT2D eigenvalue weighted by Gasteiger charge is -2.35. The van der Waals surface area contributed by atoms with Crippen molar-refractivity contribution in [3.05, 3.63) is 48.0 Å². The third kappa shape index (κ3) is 6.95. The number of amidine groups is 1. The van der Waals surface area contributed by atoms with Gasteiger partial charge in [-0.25, -0.2) is 9.98 Å². The number of piperazine rings is 1. The zero-order chi connectivity index (χ0) is 25.6. The second-order valence-corrected chi connectivity index (χ2v) is 7.73. The van der Waals surface area contributed by atoms with E-state index in [0.29, 0.717) is 23.8 Å². The molecule has 2 aromatic carbocycles. The Balaban J connectivity index is 1.60. The van der Waals surface area contributed by atoms with Gasteiger partial charge in [0.05, 0.1) is 31.6 Å². The van der Waals surface area contributed by atoms with Crippen LogP contribution in [0.1, 0.15) is 12.5 Å². The molecule has 2 amide bonds. The van der Waals surface area contributed by atoms with Gasteiger partial charge in [0.1, 0.15) is 17.8 Å². The Kier molecular flexibility index (Phi) is 7.94. The number of hydrogen-bond donors (Lipinski definition) is 2. The summed E-state index contributed by atoms with van der Waals surface area (Å²) in [4.78, 5) is 36.3. The molecule has 35 heavy (non-hydrogen) atoms. The molecule has 1 aliphatic rings. The number of ether oxygens (including phenoxy) is 1. The summed E-state index contributed by atoms with van der Waals surface area (Å²) in [5, 5.41) is 2.42. The monoisotopic (exact) mass is 490 g/mol. The van der Waals surface area contributed by atoms with Crippen LogP contribution in [0.3, 0.4) is 0 Å². The fourth-order valence-corrected chi connectivity index (χ4v) is 3.40. The smallest absolute Gasteiger partial charge is 0.416 e. The van der Waals surface area contributed by atoms with Crippen molar-refractivity contribution in [3.63, 3.8) is 0 Å². The molecule has 0 unspecified atom stereocenters. The maximum atomic E-state index is 12.9. The molecule has 12 heteroatoms. The molecule has 3 rings (SSSR count). The van der Waals surface area contributed by atoms with Crippen LogP contribution in [-0.4, -0.2) is 62.2 Å². The first-order valence-corrected chi connectivity index (χ1v) is 10.6. The van der Waals surface area contributed by atoms with E-state index in [-0.39, 0.29) is 31.2 Å². The van der Waals surface area contributed by atoms with Gasteiger partial charge in [-0.15, -0.1) is 0 Å². The Labute approximate surface area is 200 Å². The van der Waals surface area contributed by atoms with E-state index in [2.05, 4.69) is 15.3 Å². The van der Waals surface area contributed by atoms with Gasteiger partial charge in [-0.2, -0.15) is 13.2 Å². The fraction of sp³-hybridized carbons (Fsp3) is 0.304. The zero-order valence-electron chi connectivity index (χ0n) is 19.2. The number of carbonyl (C=O) groups excluding carboxylic acids is 2. The minimum absolute atomic E-state index is 0.0121. The summed E-state index contributed by atoms with van der Waals surface area (Å²) in [6, 6.07) is 9.60. The number of methoxy groups -OCH3 is 1. The van der Waals surface area contributed by atoms with Crippen molar-refractivity contribution >= 4 is 41.1 Å². The van der Waals surface area contributed by atoms with Crippen molar-refractivity contribution in [2.45, 2.75) is 13.1 Å². The third-order valence-corrected chi connectivity index (χ3v) is 5.11. The van der Waals surface area contributed by atoms with Gasteiger partial charge in [-0.3, -0.25) is 9.59 Å². The van der Waals surface area contributed by atoms with Crippen LogP contribution in [0.25, 0.3) is 0 Å². The summed E-state index contributed by atoms with van der Waals surface area (Å²) in [6.45, 7) is 2.12. The minimum atomic E-state index is -4.52. The van der Waals surface area contributed by atoms with Crippen LogP contribution < -0.4 is 20.7 Å². The number of amides is 2. The highest BCUT2D eigenvalue weighted by molar-refractivity contribution is 5.95. The maximum absolute atomic E-state index is 12.9. The highest BCUT2D eigenvalue weighted by atomic mass is 19.4. The van der Waals surface area contributed by atoms with Gasteiger partial charge in [0.2, 0.25) is 11.8 Å². The summed E-state index contributed by atoms with van der Waals surface area (Å²) in [5.74, 6) is -0.0159. The molecule has 0 aromatic heterocycles. The van der Waals surface area contributed by atoms with Gasteiger partial charge < -0.3 is 25.6 Å². The molecule has 1 fully saturated rings. The van der Waals surface area contributed by atoms with Gasteiger partial charge in [-0.1, -0.05) is 6.07 Å². The lowest BCUT2D eigenvalue weighted by Crippen LogP contribution is -2.52. The molecule has 0 aliphatic carbocycles. The topological polar surface area (TPSA) is 113 Å². The molecule has 1 heterocycles. The van der Waals surface area contributed by atoms with Crippen LogP contribution in [0.4, 0.5) is 30.2 Å². The Morgan fingerprint density at radius 1 is 1.23 bits per heavy atom. The summed E-state index contributed by atoms with van der Waals surface area (Å²) in [7, 11) is 1.50. The number of nitrogens with two attached hydrogens (primary N) is 1. The number of nitrogens with one attached hydrogen (secondary N) is 1. The number of rotatable bonds is 7. The van der Waals surface area contributed by atoms with Crippen LogP contribution in [0, 0.1) is 0 Å². The number of hydrogen-bond acceptors (Lipinski definition) is 5. The molecule has 0 saturated carbocycles. The number of carbonyl (C=O) groups is 2. The van der Waals surface area contributed by atoms with E-state index in [1.165, 1.54) is 30.5 Å². The molecule has 1 aliphatic heterocycles.